The number of rotatable bonds is 5. The number of hydrogen-bond acceptors (Lipinski definition) is 4. The second kappa shape index (κ2) is 12.7. The van der Waals surface area contributed by atoms with Crippen molar-refractivity contribution in [3.05, 3.63) is 99.0 Å². The Balaban J connectivity index is 1.59. The van der Waals surface area contributed by atoms with E-state index in [-0.39, 0.29) is 23.1 Å². The van der Waals surface area contributed by atoms with Gasteiger partial charge in [-0.1, -0.05) is 80.7 Å². The van der Waals surface area contributed by atoms with Gasteiger partial charge < -0.3 is 9.64 Å². The first-order valence-corrected chi connectivity index (χ1v) is 18.1. The number of benzene rings is 3. The zero-order valence-corrected chi connectivity index (χ0v) is 31.3. The van der Waals surface area contributed by atoms with Crippen LogP contribution in [0.25, 0.3) is 0 Å². The van der Waals surface area contributed by atoms with E-state index >= 15 is 4.79 Å². The summed E-state index contributed by atoms with van der Waals surface area (Å²) in [5.74, 6) is 1.32. The summed E-state index contributed by atoms with van der Waals surface area (Å²) in [4.78, 5) is 27.7. The summed E-state index contributed by atoms with van der Waals surface area (Å²) in [6.45, 7) is 20.5. The second-order valence-corrected chi connectivity index (χ2v) is 16.6. The maximum absolute atomic E-state index is 15.5. The average Bonchev–Trinajstić information content (AvgIpc) is 3.27. The van der Waals surface area contributed by atoms with E-state index in [2.05, 4.69) is 69.5 Å². The van der Waals surface area contributed by atoms with Gasteiger partial charge in [0.15, 0.2) is 0 Å². The molecule has 3 aromatic carbocycles. The second-order valence-electron chi connectivity index (χ2n) is 15.7. The van der Waals surface area contributed by atoms with E-state index in [1.54, 1.807) is 0 Å². The number of carbonyl (C=O) groups is 1. The van der Waals surface area contributed by atoms with Crippen LogP contribution in [0.2, 0.25) is 10.0 Å². The molecule has 3 heterocycles. The average molecular weight is 690 g/mol. The molecule has 3 aliphatic heterocycles. The summed E-state index contributed by atoms with van der Waals surface area (Å²) in [6, 6.07) is 22.0. The Kier molecular flexibility index (Phi) is 9.19. The smallest absolute Gasteiger partial charge is 0.326 e. The molecule has 256 valence electrons. The van der Waals surface area contributed by atoms with Gasteiger partial charge in [0.1, 0.15) is 22.7 Å². The normalized spacial score (nSPS) is 26.4. The Hall–Kier alpha value is -3.06. The fraction of sp³-hybridized carbons (Fsp3) is 0.500. The molecule has 3 aromatic rings. The van der Waals surface area contributed by atoms with E-state index < -0.39 is 11.1 Å². The van der Waals surface area contributed by atoms with Crippen molar-refractivity contribution in [2.75, 3.05) is 26.2 Å². The number of nitrogens with zero attached hydrogens (tertiary/aromatic N) is 4. The molecule has 0 spiro atoms. The number of amides is 2. The number of piperidine rings is 1. The number of fused-ring (bicyclic) bond motifs is 1. The Morgan fingerprint density at radius 3 is 2.08 bits per heavy atom. The minimum absolute atomic E-state index is 0.0502. The minimum atomic E-state index is -0.944. The number of halogens is 2. The lowest BCUT2D eigenvalue weighted by molar-refractivity contribution is -0.0110. The highest BCUT2D eigenvalue weighted by molar-refractivity contribution is 6.30. The zero-order valence-electron chi connectivity index (χ0n) is 29.7. The largest absolute Gasteiger partial charge is 0.490 e. The fourth-order valence-corrected chi connectivity index (χ4v) is 8.18. The third-order valence-electron chi connectivity index (χ3n) is 11.0. The summed E-state index contributed by atoms with van der Waals surface area (Å²) >= 11 is 12.9. The van der Waals surface area contributed by atoms with Crippen LogP contribution in [-0.2, 0) is 16.5 Å². The predicted octanol–water partition coefficient (Wildman–Crippen LogP) is 9.65. The SMILES string of the molecule is CC(C)Oc1cc(C(C)(C)C)ccc1C1=N[C@@](C)(c2ccc(Cl)cc2)[C@@](C)(c2ccc(Cl)cc2)N1C(=O)N1CCN2CCCCC2(C)C1. The molecule has 0 radical (unpaired) electrons. The van der Waals surface area contributed by atoms with Crippen molar-refractivity contribution in [2.45, 2.75) is 103 Å². The molecule has 0 saturated carbocycles. The Morgan fingerprint density at radius 2 is 1.48 bits per heavy atom. The van der Waals surface area contributed by atoms with E-state index in [1.165, 1.54) is 12.8 Å². The molecule has 2 amide bonds. The van der Waals surface area contributed by atoms with E-state index in [1.807, 2.05) is 67.3 Å². The van der Waals surface area contributed by atoms with Crippen molar-refractivity contribution < 1.29 is 9.53 Å². The molecule has 3 aliphatic rings. The van der Waals surface area contributed by atoms with Gasteiger partial charge in [-0.05, 0) is 113 Å². The molecule has 0 aliphatic carbocycles. The minimum Gasteiger partial charge on any atom is -0.490 e. The number of aliphatic imine (C=N–C) groups is 1. The Labute approximate surface area is 297 Å². The van der Waals surface area contributed by atoms with E-state index in [9.17, 15) is 0 Å². The van der Waals surface area contributed by atoms with Crippen molar-refractivity contribution in [3.63, 3.8) is 0 Å². The maximum atomic E-state index is 15.5. The first-order chi connectivity index (χ1) is 22.6. The van der Waals surface area contributed by atoms with Crippen molar-refractivity contribution in [3.8, 4) is 5.75 Å². The van der Waals surface area contributed by atoms with Crippen LogP contribution in [0, 0.1) is 0 Å². The van der Waals surface area contributed by atoms with Crippen LogP contribution in [0.1, 0.15) is 96.9 Å². The van der Waals surface area contributed by atoms with Crippen LogP contribution < -0.4 is 4.74 Å². The number of carbonyl (C=O) groups excluding carboxylic acids is 1. The Morgan fingerprint density at radius 1 is 0.854 bits per heavy atom. The van der Waals surface area contributed by atoms with Crippen LogP contribution in [0.15, 0.2) is 71.7 Å². The van der Waals surface area contributed by atoms with Gasteiger partial charge in [0.25, 0.3) is 0 Å². The van der Waals surface area contributed by atoms with Crippen LogP contribution in [-0.4, -0.2) is 64.4 Å². The highest BCUT2D eigenvalue weighted by atomic mass is 35.5. The van der Waals surface area contributed by atoms with Crippen LogP contribution in [0.3, 0.4) is 0 Å². The highest BCUT2D eigenvalue weighted by Crippen LogP contribution is 2.54. The van der Waals surface area contributed by atoms with Crippen LogP contribution >= 0.6 is 23.2 Å². The van der Waals surface area contributed by atoms with Gasteiger partial charge in [0, 0.05) is 35.2 Å². The molecule has 8 heteroatoms. The van der Waals surface area contributed by atoms with Crippen molar-refractivity contribution in [2.24, 2.45) is 4.99 Å². The molecule has 1 unspecified atom stereocenters. The molecule has 2 saturated heterocycles. The predicted molar refractivity (Wildman–Crippen MR) is 198 cm³/mol. The summed E-state index contributed by atoms with van der Waals surface area (Å²) in [5.41, 5.74) is 1.86. The summed E-state index contributed by atoms with van der Waals surface area (Å²) < 4.78 is 6.56. The third-order valence-corrected chi connectivity index (χ3v) is 11.5. The number of hydrogen-bond donors (Lipinski definition) is 0. The molecule has 3 atom stereocenters. The van der Waals surface area contributed by atoms with Crippen molar-refractivity contribution in [1.29, 1.82) is 0 Å². The van der Waals surface area contributed by atoms with Gasteiger partial charge in [0.2, 0.25) is 0 Å². The fourth-order valence-electron chi connectivity index (χ4n) is 7.93. The summed E-state index contributed by atoms with van der Waals surface area (Å²) in [6.07, 6.45) is 3.40. The van der Waals surface area contributed by atoms with Gasteiger partial charge in [-0.25, -0.2) is 4.79 Å². The highest BCUT2D eigenvalue weighted by Gasteiger charge is 2.60. The third kappa shape index (κ3) is 6.03. The number of piperazine rings is 1. The summed E-state index contributed by atoms with van der Waals surface area (Å²) in [5, 5.41) is 1.29. The van der Waals surface area contributed by atoms with Crippen molar-refractivity contribution >= 4 is 35.1 Å². The van der Waals surface area contributed by atoms with Crippen LogP contribution in [0.5, 0.6) is 5.75 Å². The van der Waals surface area contributed by atoms with Gasteiger partial charge >= 0.3 is 6.03 Å². The lowest BCUT2D eigenvalue weighted by atomic mass is 9.71. The lowest BCUT2D eigenvalue weighted by Gasteiger charge is -2.53. The molecule has 0 aromatic heterocycles. The molecule has 0 N–H and O–H groups in total. The standard InChI is InChI=1S/C40H50Cl2N4O2/c1-27(2)48-34-25-30(37(3,4)5)15-20-33(34)35-43-39(7,28-11-16-31(41)17-12-28)40(8,29-13-18-32(42)19-14-29)46(35)36(47)44-23-24-45-22-10-9-21-38(45,6)26-44/h11-20,25,27H,9-10,21-24,26H2,1-8H3/t38?,39-,40+/m0/s1. The number of ether oxygens (including phenoxy) is 1. The van der Waals surface area contributed by atoms with Gasteiger partial charge in [-0.15, -0.1) is 0 Å². The molecule has 2 fully saturated rings. The molecular weight excluding hydrogens is 639 g/mol. The first-order valence-electron chi connectivity index (χ1n) is 17.3. The first kappa shape index (κ1) is 34.8. The quantitative estimate of drug-likeness (QED) is 0.268. The van der Waals surface area contributed by atoms with Gasteiger partial charge in [0.05, 0.1) is 11.7 Å². The summed E-state index contributed by atoms with van der Waals surface area (Å²) in [7, 11) is 0. The Bertz CT molecular complexity index is 1700. The molecule has 48 heavy (non-hydrogen) atoms. The van der Waals surface area contributed by atoms with Gasteiger partial charge in [-0.2, -0.15) is 0 Å². The van der Waals surface area contributed by atoms with E-state index in [0.717, 1.165) is 47.5 Å². The molecule has 0 bridgehead atoms. The zero-order chi connectivity index (χ0) is 34.6. The maximum Gasteiger partial charge on any atom is 0.326 e. The van der Waals surface area contributed by atoms with E-state index in [0.29, 0.717) is 29.0 Å². The monoisotopic (exact) mass is 688 g/mol. The number of amidine groups is 1. The molecule has 6 nitrogen and oxygen atoms in total. The van der Waals surface area contributed by atoms with Crippen molar-refractivity contribution in [1.82, 2.24) is 14.7 Å². The lowest BCUT2D eigenvalue weighted by Crippen LogP contribution is -2.66. The number of urea groups is 1. The molecular formula is C40H50Cl2N4O2. The topological polar surface area (TPSA) is 48.4 Å². The van der Waals surface area contributed by atoms with E-state index in [4.69, 9.17) is 32.9 Å². The van der Waals surface area contributed by atoms with Gasteiger partial charge in [-0.3, -0.25) is 14.8 Å². The molecule has 6 rings (SSSR count). The van der Waals surface area contributed by atoms with Crippen LogP contribution in [0.4, 0.5) is 4.79 Å².